The Morgan fingerprint density at radius 3 is 2.43 bits per heavy atom. The maximum Gasteiger partial charge on any atom is 0.291 e. The molecule has 0 atom stereocenters. The van der Waals surface area contributed by atoms with Gasteiger partial charge < -0.3 is 15.4 Å². The molecule has 0 saturated carbocycles. The SMILES string of the molecule is C=C(CCNC(=O)COc1ccc(Cl)c(F)c1)NC(=O)C(=O)Cc1ccc(Cl)cc1. The van der Waals surface area contributed by atoms with Crippen LogP contribution in [0.4, 0.5) is 4.39 Å². The lowest BCUT2D eigenvalue weighted by Crippen LogP contribution is -2.34. The van der Waals surface area contributed by atoms with E-state index in [1.807, 2.05) is 0 Å². The van der Waals surface area contributed by atoms with Gasteiger partial charge in [0.25, 0.3) is 11.8 Å². The van der Waals surface area contributed by atoms with Crippen molar-refractivity contribution in [2.45, 2.75) is 12.8 Å². The standard InChI is InChI=1S/C21H19Cl2FN2O4/c1-13(26-21(29)19(27)10-14-2-4-15(22)5-3-14)8-9-25-20(28)12-30-16-6-7-17(23)18(24)11-16/h2-7,11H,1,8-10,12H2,(H,25,28)(H,26,29). The molecule has 0 aliphatic rings. The summed E-state index contributed by atoms with van der Waals surface area (Å²) in [6.07, 6.45) is 0.164. The number of halogens is 3. The van der Waals surface area contributed by atoms with Crippen molar-refractivity contribution in [3.63, 3.8) is 0 Å². The average Bonchev–Trinajstić information content (AvgIpc) is 2.70. The lowest BCUT2D eigenvalue weighted by atomic mass is 10.1. The number of ketones is 1. The van der Waals surface area contributed by atoms with Crippen molar-refractivity contribution < 1.29 is 23.5 Å². The van der Waals surface area contributed by atoms with Crippen LogP contribution in [0, 0.1) is 5.82 Å². The highest BCUT2D eigenvalue weighted by atomic mass is 35.5. The van der Waals surface area contributed by atoms with E-state index in [2.05, 4.69) is 17.2 Å². The van der Waals surface area contributed by atoms with Crippen molar-refractivity contribution >= 4 is 40.8 Å². The number of ether oxygens (including phenoxy) is 1. The first-order valence-electron chi connectivity index (χ1n) is 8.85. The number of hydrogen-bond acceptors (Lipinski definition) is 4. The molecule has 2 aromatic rings. The molecule has 158 valence electrons. The van der Waals surface area contributed by atoms with E-state index in [0.717, 1.165) is 6.07 Å². The predicted octanol–water partition coefficient (Wildman–Crippen LogP) is 3.46. The van der Waals surface area contributed by atoms with E-state index < -0.39 is 23.4 Å². The highest BCUT2D eigenvalue weighted by Gasteiger charge is 2.15. The molecule has 0 bridgehead atoms. The van der Waals surface area contributed by atoms with Crippen LogP contribution >= 0.6 is 23.2 Å². The number of nitrogens with one attached hydrogen (secondary N) is 2. The monoisotopic (exact) mass is 452 g/mol. The molecule has 0 heterocycles. The number of benzene rings is 2. The van der Waals surface area contributed by atoms with Crippen LogP contribution < -0.4 is 15.4 Å². The van der Waals surface area contributed by atoms with Crippen LogP contribution in [-0.4, -0.2) is 30.7 Å². The van der Waals surface area contributed by atoms with Crippen LogP contribution in [-0.2, 0) is 20.8 Å². The number of rotatable bonds is 10. The van der Waals surface area contributed by atoms with Crippen molar-refractivity contribution in [1.82, 2.24) is 10.6 Å². The molecule has 6 nitrogen and oxygen atoms in total. The lowest BCUT2D eigenvalue weighted by Gasteiger charge is -2.10. The summed E-state index contributed by atoms with van der Waals surface area (Å²) < 4.78 is 18.5. The van der Waals surface area contributed by atoms with Gasteiger partial charge in [-0.25, -0.2) is 4.39 Å². The third kappa shape index (κ3) is 7.85. The van der Waals surface area contributed by atoms with Gasteiger partial charge >= 0.3 is 0 Å². The molecule has 0 aromatic heterocycles. The first-order valence-corrected chi connectivity index (χ1v) is 9.61. The van der Waals surface area contributed by atoms with Crippen molar-refractivity contribution in [2.24, 2.45) is 0 Å². The molecule has 0 fully saturated rings. The van der Waals surface area contributed by atoms with E-state index in [1.54, 1.807) is 24.3 Å². The summed E-state index contributed by atoms with van der Waals surface area (Å²) in [4.78, 5) is 35.7. The molecule has 9 heteroatoms. The Morgan fingerprint density at radius 1 is 1.07 bits per heavy atom. The fourth-order valence-corrected chi connectivity index (χ4v) is 2.52. The summed E-state index contributed by atoms with van der Waals surface area (Å²) in [5.74, 6) is -2.32. The van der Waals surface area contributed by atoms with Gasteiger partial charge in [0.2, 0.25) is 5.78 Å². The van der Waals surface area contributed by atoms with E-state index in [1.165, 1.54) is 12.1 Å². The molecule has 2 aromatic carbocycles. The second-order valence-electron chi connectivity index (χ2n) is 6.25. The van der Waals surface area contributed by atoms with Gasteiger partial charge in [0.15, 0.2) is 6.61 Å². The normalized spacial score (nSPS) is 10.2. The van der Waals surface area contributed by atoms with Gasteiger partial charge in [-0.2, -0.15) is 0 Å². The van der Waals surface area contributed by atoms with Gasteiger partial charge in [0.05, 0.1) is 5.02 Å². The van der Waals surface area contributed by atoms with Crippen LogP contribution in [0.2, 0.25) is 10.0 Å². The van der Waals surface area contributed by atoms with E-state index in [4.69, 9.17) is 27.9 Å². The highest BCUT2D eigenvalue weighted by Crippen LogP contribution is 2.20. The Bertz CT molecular complexity index is 949. The van der Waals surface area contributed by atoms with Gasteiger partial charge in [0, 0.05) is 36.2 Å². The predicted molar refractivity (Wildman–Crippen MR) is 112 cm³/mol. The van der Waals surface area contributed by atoms with Crippen LogP contribution in [0.3, 0.4) is 0 Å². The largest absolute Gasteiger partial charge is 0.484 e. The van der Waals surface area contributed by atoms with Crippen molar-refractivity contribution in [3.8, 4) is 5.75 Å². The van der Waals surface area contributed by atoms with Gasteiger partial charge in [0.1, 0.15) is 11.6 Å². The summed E-state index contributed by atoms with van der Waals surface area (Å²) in [6, 6.07) is 10.4. The quantitative estimate of drug-likeness (QED) is 0.540. The van der Waals surface area contributed by atoms with Crippen LogP contribution in [0.5, 0.6) is 5.75 Å². The Kier molecular flexibility index (Phi) is 8.83. The van der Waals surface area contributed by atoms with Gasteiger partial charge in [-0.1, -0.05) is 41.9 Å². The maximum atomic E-state index is 13.3. The summed E-state index contributed by atoms with van der Waals surface area (Å²) >= 11 is 11.3. The van der Waals surface area contributed by atoms with Gasteiger partial charge in [-0.05, 0) is 29.8 Å². The van der Waals surface area contributed by atoms with Crippen molar-refractivity contribution in [1.29, 1.82) is 0 Å². The second-order valence-corrected chi connectivity index (χ2v) is 7.09. The Morgan fingerprint density at radius 2 is 1.77 bits per heavy atom. The fraction of sp³-hybridized carbons (Fsp3) is 0.190. The third-order valence-corrected chi connectivity index (χ3v) is 4.39. The van der Waals surface area contributed by atoms with Crippen LogP contribution in [0.1, 0.15) is 12.0 Å². The molecule has 0 aliphatic carbocycles. The van der Waals surface area contributed by atoms with Crippen molar-refractivity contribution in [2.75, 3.05) is 13.2 Å². The molecule has 30 heavy (non-hydrogen) atoms. The minimum Gasteiger partial charge on any atom is -0.484 e. The Labute approximate surface area is 183 Å². The Balaban J connectivity index is 1.66. The first-order chi connectivity index (χ1) is 14.2. The third-order valence-electron chi connectivity index (χ3n) is 3.83. The van der Waals surface area contributed by atoms with Crippen LogP contribution in [0.15, 0.2) is 54.7 Å². The summed E-state index contributed by atoms with van der Waals surface area (Å²) in [5.41, 5.74) is 0.948. The molecule has 2 amide bonds. The van der Waals surface area contributed by atoms with E-state index in [0.29, 0.717) is 10.6 Å². The zero-order valence-electron chi connectivity index (χ0n) is 15.8. The lowest BCUT2D eigenvalue weighted by molar-refractivity contribution is -0.137. The minimum absolute atomic E-state index is 0.0426. The van der Waals surface area contributed by atoms with Gasteiger partial charge in [-0.15, -0.1) is 0 Å². The minimum atomic E-state index is -0.783. The van der Waals surface area contributed by atoms with E-state index >= 15 is 0 Å². The summed E-state index contributed by atoms with van der Waals surface area (Å²) in [5, 5.41) is 5.47. The molecule has 0 spiro atoms. The van der Waals surface area contributed by atoms with Crippen LogP contribution in [0.25, 0.3) is 0 Å². The first kappa shape index (κ1) is 23.4. The van der Waals surface area contributed by atoms with Gasteiger partial charge in [-0.3, -0.25) is 14.4 Å². The molecule has 2 rings (SSSR count). The molecule has 0 radical (unpaired) electrons. The number of hydrogen-bond donors (Lipinski definition) is 2. The number of Topliss-reactive ketones (excluding diaryl/α,β-unsaturated/α-hetero) is 1. The summed E-state index contributed by atoms with van der Waals surface area (Å²) in [6.45, 7) is 3.51. The molecule has 0 unspecified atom stereocenters. The maximum absolute atomic E-state index is 13.3. The molecular weight excluding hydrogens is 434 g/mol. The topological polar surface area (TPSA) is 84.5 Å². The number of carbonyl (C=O) groups is 3. The fourth-order valence-electron chi connectivity index (χ4n) is 2.28. The van der Waals surface area contributed by atoms with E-state index in [9.17, 15) is 18.8 Å². The molecule has 0 saturated heterocycles. The number of carbonyl (C=O) groups excluding carboxylic acids is 3. The number of amides is 2. The molecular formula is C21H19Cl2FN2O4. The molecule has 0 aliphatic heterocycles. The zero-order chi connectivity index (χ0) is 22.1. The van der Waals surface area contributed by atoms with Crippen molar-refractivity contribution in [3.05, 3.63) is 76.2 Å². The van der Waals surface area contributed by atoms with E-state index in [-0.39, 0.29) is 42.5 Å². The summed E-state index contributed by atoms with van der Waals surface area (Å²) in [7, 11) is 0. The second kappa shape index (κ2) is 11.3. The smallest absolute Gasteiger partial charge is 0.291 e. The zero-order valence-corrected chi connectivity index (χ0v) is 17.4. The Hall–Kier alpha value is -2.90. The highest BCUT2D eigenvalue weighted by molar-refractivity contribution is 6.37. The average molecular weight is 453 g/mol. The molecule has 2 N–H and O–H groups in total.